The third-order valence-electron chi connectivity index (χ3n) is 4.71. The van der Waals surface area contributed by atoms with Gasteiger partial charge in [0.2, 0.25) is 0 Å². The molecular weight excluding hydrogens is 407 g/mol. The molecule has 0 N–H and O–H groups in total. The van der Waals surface area contributed by atoms with Crippen molar-refractivity contribution in [3.05, 3.63) is 94.0 Å². The molecule has 0 aliphatic rings. The first-order valence-electron chi connectivity index (χ1n) is 9.06. The maximum Gasteiger partial charge on any atom is 0.254 e. The second-order valence-corrected chi connectivity index (χ2v) is 7.56. The molecule has 0 unspecified atom stereocenters. The largest absolute Gasteiger partial charge is 0.334 e. The van der Waals surface area contributed by atoms with E-state index in [0.29, 0.717) is 28.7 Å². The Labute approximate surface area is 178 Å². The summed E-state index contributed by atoms with van der Waals surface area (Å²) in [5.41, 5.74) is 3.48. The Morgan fingerprint density at radius 2 is 1.79 bits per heavy atom. The topological polar surface area (TPSA) is 51.0 Å². The summed E-state index contributed by atoms with van der Waals surface area (Å²) < 4.78 is 2.10. The number of pyridine rings is 1. The highest BCUT2D eigenvalue weighted by Crippen LogP contribution is 2.25. The van der Waals surface area contributed by atoms with Crippen LogP contribution >= 0.6 is 23.2 Å². The van der Waals surface area contributed by atoms with Crippen LogP contribution in [0, 0.1) is 0 Å². The van der Waals surface area contributed by atoms with E-state index in [9.17, 15) is 4.79 Å². The molecule has 2 heterocycles. The number of carbonyl (C=O) groups excluding carboxylic acids is 1. The predicted molar refractivity (Wildman–Crippen MR) is 115 cm³/mol. The number of carbonyl (C=O) groups is 1. The molecule has 0 aliphatic carbocycles. The number of fused-ring (bicyclic) bond motifs is 1. The average Bonchev–Trinajstić information content (AvgIpc) is 3.07. The second-order valence-electron chi connectivity index (χ2n) is 6.75. The van der Waals surface area contributed by atoms with Gasteiger partial charge in [0.15, 0.2) is 0 Å². The molecule has 0 aliphatic heterocycles. The van der Waals surface area contributed by atoms with Crippen LogP contribution in [0.15, 0.2) is 67.0 Å². The molecule has 0 spiro atoms. The summed E-state index contributed by atoms with van der Waals surface area (Å²) >= 11 is 12.2. The molecule has 0 atom stereocenters. The number of nitrogens with zero attached hydrogens (tertiary/aromatic N) is 4. The first kappa shape index (κ1) is 19.4. The van der Waals surface area contributed by atoms with Crippen LogP contribution in [0.1, 0.15) is 21.7 Å². The minimum Gasteiger partial charge on any atom is -0.334 e. The molecular formula is C22H18Cl2N4O. The standard InChI is InChI=1S/C22H18Cl2N4O/c1-27(22(29)16-8-10-25-11-9-16)14-21-26-19-4-2-3-5-20(19)28(21)13-15-6-7-17(23)18(24)12-15/h2-12H,13-14H2,1H3. The SMILES string of the molecule is CN(Cc1nc2ccccc2n1Cc1ccc(Cl)c(Cl)c1)C(=O)c1ccncc1. The molecule has 0 saturated heterocycles. The molecule has 0 radical (unpaired) electrons. The van der Waals surface area contributed by atoms with Crippen molar-refractivity contribution >= 4 is 40.1 Å². The smallest absolute Gasteiger partial charge is 0.254 e. The summed E-state index contributed by atoms with van der Waals surface area (Å²) in [6, 6.07) is 16.9. The average molecular weight is 425 g/mol. The van der Waals surface area contributed by atoms with Gasteiger partial charge in [0, 0.05) is 31.5 Å². The highest BCUT2D eigenvalue weighted by atomic mass is 35.5. The van der Waals surface area contributed by atoms with E-state index < -0.39 is 0 Å². The third kappa shape index (κ3) is 4.11. The lowest BCUT2D eigenvalue weighted by atomic mass is 10.2. The Morgan fingerprint density at radius 3 is 2.55 bits per heavy atom. The van der Waals surface area contributed by atoms with Crippen LogP contribution in [0.2, 0.25) is 10.0 Å². The molecule has 29 heavy (non-hydrogen) atoms. The van der Waals surface area contributed by atoms with Crippen LogP contribution in [0.4, 0.5) is 0 Å². The monoisotopic (exact) mass is 424 g/mol. The minimum absolute atomic E-state index is 0.0828. The fourth-order valence-corrected chi connectivity index (χ4v) is 3.56. The van der Waals surface area contributed by atoms with E-state index in [1.807, 2.05) is 36.4 Å². The van der Waals surface area contributed by atoms with Gasteiger partial charge in [0.05, 0.1) is 27.6 Å². The Balaban J connectivity index is 1.67. The summed E-state index contributed by atoms with van der Waals surface area (Å²) in [6.45, 7) is 0.946. The van der Waals surface area contributed by atoms with Crippen LogP contribution in [0.25, 0.3) is 11.0 Å². The quantitative estimate of drug-likeness (QED) is 0.449. The van der Waals surface area contributed by atoms with Gasteiger partial charge in [-0.3, -0.25) is 9.78 Å². The van der Waals surface area contributed by atoms with Crippen LogP contribution < -0.4 is 0 Å². The molecule has 0 fully saturated rings. The number of amides is 1. The van der Waals surface area contributed by atoms with Gasteiger partial charge >= 0.3 is 0 Å². The van der Waals surface area contributed by atoms with Crippen LogP contribution in [-0.2, 0) is 13.1 Å². The van der Waals surface area contributed by atoms with E-state index in [4.69, 9.17) is 28.2 Å². The Morgan fingerprint density at radius 1 is 1.03 bits per heavy atom. The maximum absolute atomic E-state index is 12.7. The molecule has 0 saturated carbocycles. The van der Waals surface area contributed by atoms with Gasteiger partial charge < -0.3 is 9.47 Å². The molecule has 1 amide bonds. The normalized spacial score (nSPS) is 11.0. The van der Waals surface area contributed by atoms with Crippen molar-refractivity contribution in [3.8, 4) is 0 Å². The number of hydrogen-bond donors (Lipinski definition) is 0. The highest BCUT2D eigenvalue weighted by Gasteiger charge is 2.17. The lowest BCUT2D eigenvalue weighted by Gasteiger charge is -2.18. The van der Waals surface area contributed by atoms with E-state index in [0.717, 1.165) is 22.4 Å². The lowest BCUT2D eigenvalue weighted by molar-refractivity contribution is 0.0780. The minimum atomic E-state index is -0.0828. The van der Waals surface area contributed by atoms with Crippen molar-refractivity contribution in [2.75, 3.05) is 7.05 Å². The number of hydrogen-bond acceptors (Lipinski definition) is 3. The van der Waals surface area contributed by atoms with Gasteiger partial charge in [-0.05, 0) is 42.0 Å². The van der Waals surface area contributed by atoms with Gasteiger partial charge in [-0.15, -0.1) is 0 Å². The van der Waals surface area contributed by atoms with Crippen molar-refractivity contribution in [3.63, 3.8) is 0 Å². The van der Waals surface area contributed by atoms with E-state index in [1.54, 1.807) is 42.5 Å². The summed E-state index contributed by atoms with van der Waals surface area (Å²) in [6.07, 6.45) is 3.22. The van der Waals surface area contributed by atoms with E-state index >= 15 is 0 Å². The summed E-state index contributed by atoms with van der Waals surface area (Å²) in [5.74, 6) is 0.711. The third-order valence-corrected chi connectivity index (χ3v) is 5.45. The van der Waals surface area contributed by atoms with Crippen molar-refractivity contribution < 1.29 is 4.79 Å². The number of imidazole rings is 1. The van der Waals surface area contributed by atoms with Crippen LogP contribution in [-0.4, -0.2) is 32.4 Å². The number of rotatable bonds is 5. The van der Waals surface area contributed by atoms with Crippen molar-refractivity contribution in [2.45, 2.75) is 13.1 Å². The van der Waals surface area contributed by atoms with Gasteiger partial charge in [0.1, 0.15) is 5.82 Å². The molecule has 146 valence electrons. The highest BCUT2D eigenvalue weighted by molar-refractivity contribution is 6.42. The zero-order valence-electron chi connectivity index (χ0n) is 15.7. The molecule has 4 aromatic rings. The van der Waals surface area contributed by atoms with Crippen LogP contribution in [0.3, 0.4) is 0 Å². The van der Waals surface area contributed by atoms with Crippen LogP contribution in [0.5, 0.6) is 0 Å². The fourth-order valence-electron chi connectivity index (χ4n) is 3.24. The Kier molecular flexibility index (Phi) is 5.51. The van der Waals surface area contributed by atoms with Gasteiger partial charge in [-0.2, -0.15) is 0 Å². The lowest BCUT2D eigenvalue weighted by Crippen LogP contribution is -2.27. The van der Waals surface area contributed by atoms with Crippen molar-refractivity contribution in [1.29, 1.82) is 0 Å². The summed E-state index contributed by atoms with van der Waals surface area (Å²) in [7, 11) is 1.77. The van der Waals surface area contributed by atoms with E-state index in [1.165, 1.54) is 0 Å². The fraction of sp³-hybridized carbons (Fsp3) is 0.136. The number of halogens is 2. The maximum atomic E-state index is 12.7. The number of benzene rings is 2. The predicted octanol–water partition coefficient (Wildman–Crippen LogP) is 5.06. The molecule has 5 nitrogen and oxygen atoms in total. The van der Waals surface area contributed by atoms with Gasteiger partial charge in [-0.1, -0.05) is 41.4 Å². The summed E-state index contributed by atoms with van der Waals surface area (Å²) in [5, 5.41) is 1.04. The zero-order valence-corrected chi connectivity index (χ0v) is 17.2. The molecule has 2 aromatic heterocycles. The molecule has 2 aromatic carbocycles. The van der Waals surface area contributed by atoms with Crippen molar-refractivity contribution in [1.82, 2.24) is 19.4 Å². The number of aromatic nitrogens is 3. The van der Waals surface area contributed by atoms with Crippen molar-refractivity contribution in [2.24, 2.45) is 0 Å². The Bertz CT molecular complexity index is 1170. The van der Waals surface area contributed by atoms with E-state index in [-0.39, 0.29) is 5.91 Å². The zero-order chi connectivity index (χ0) is 20.4. The second kappa shape index (κ2) is 8.23. The van der Waals surface area contributed by atoms with Gasteiger partial charge in [0.25, 0.3) is 5.91 Å². The Hall–Kier alpha value is -2.89. The molecule has 4 rings (SSSR count). The van der Waals surface area contributed by atoms with E-state index in [2.05, 4.69) is 9.55 Å². The number of para-hydroxylation sites is 2. The summed E-state index contributed by atoms with van der Waals surface area (Å²) in [4.78, 5) is 23.1. The van der Waals surface area contributed by atoms with Gasteiger partial charge in [-0.25, -0.2) is 4.98 Å². The first-order chi connectivity index (χ1) is 14.0. The molecule has 0 bridgehead atoms. The molecule has 7 heteroatoms. The first-order valence-corrected chi connectivity index (χ1v) is 9.82.